The molecular weight excluding hydrogens is 329 g/mol. The second kappa shape index (κ2) is 5.76. The molecule has 1 heterocycles. The number of nitrogen functional groups attached to an aromatic ring is 1. The number of fused-ring (bicyclic) bond motifs is 1. The molecule has 0 bridgehead atoms. The third-order valence-electron chi connectivity index (χ3n) is 3.36. The first kappa shape index (κ1) is 14.5. The molecule has 0 fully saturated rings. The van der Waals surface area contributed by atoms with Gasteiger partial charge in [0.05, 0.1) is 11.0 Å². The molecule has 2 aromatic carbocycles. The summed E-state index contributed by atoms with van der Waals surface area (Å²) in [7, 11) is 0. The van der Waals surface area contributed by atoms with Gasteiger partial charge in [-0.05, 0) is 42.3 Å². The van der Waals surface area contributed by atoms with Crippen LogP contribution in [0, 0.1) is 0 Å². The zero-order valence-corrected chi connectivity index (χ0v) is 13.3. The molecule has 0 aliphatic heterocycles. The molecule has 0 aliphatic rings. The smallest absolute Gasteiger partial charge is 0.201 e. The highest BCUT2D eigenvalue weighted by Crippen LogP contribution is 2.25. The quantitative estimate of drug-likeness (QED) is 0.742. The van der Waals surface area contributed by atoms with E-state index >= 15 is 0 Å². The summed E-state index contributed by atoms with van der Waals surface area (Å²) in [5.74, 6) is 0.470. The van der Waals surface area contributed by atoms with Crippen molar-refractivity contribution in [3.05, 3.63) is 57.0 Å². The number of anilines is 1. The molecular formula is C15H12Cl3N3. The van der Waals surface area contributed by atoms with Crippen LogP contribution in [0.25, 0.3) is 11.0 Å². The van der Waals surface area contributed by atoms with Crippen LogP contribution >= 0.6 is 34.8 Å². The van der Waals surface area contributed by atoms with Gasteiger partial charge >= 0.3 is 0 Å². The van der Waals surface area contributed by atoms with Crippen molar-refractivity contribution in [2.75, 3.05) is 5.73 Å². The van der Waals surface area contributed by atoms with Crippen LogP contribution in [0.2, 0.25) is 15.1 Å². The fourth-order valence-electron chi connectivity index (χ4n) is 2.31. The molecule has 0 saturated heterocycles. The zero-order valence-electron chi connectivity index (χ0n) is 11.0. The van der Waals surface area contributed by atoms with Gasteiger partial charge in [0.2, 0.25) is 5.95 Å². The van der Waals surface area contributed by atoms with Crippen LogP contribution in [0.4, 0.5) is 5.95 Å². The highest BCUT2D eigenvalue weighted by Gasteiger charge is 2.09. The number of nitrogens with zero attached hydrogens (tertiary/aromatic N) is 2. The highest BCUT2D eigenvalue weighted by molar-refractivity contribution is 6.35. The average molecular weight is 341 g/mol. The third-order valence-corrected chi connectivity index (χ3v) is 4.18. The number of nitrogens with two attached hydrogens (primary N) is 1. The van der Waals surface area contributed by atoms with E-state index < -0.39 is 0 Å². The summed E-state index contributed by atoms with van der Waals surface area (Å²) in [6.07, 6.45) is 0.744. The first-order valence-corrected chi connectivity index (χ1v) is 7.53. The second-order valence-electron chi connectivity index (χ2n) is 4.74. The van der Waals surface area contributed by atoms with E-state index in [9.17, 15) is 0 Å². The number of rotatable bonds is 3. The molecule has 0 amide bonds. The summed E-state index contributed by atoms with van der Waals surface area (Å²) in [6, 6.07) is 11.1. The Balaban J connectivity index is 1.90. The molecule has 3 aromatic rings. The standard InChI is InChI=1S/C15H12Cl3N3/c16-10-2-1-9(12(18)7-10)5-6-21-14-4-3-11(17)8-13(14)20-15(21)19/h1-4,7-8H,5-6H2,(H2,19,20). The molecule has 3 nitrogen and oxygen atoms in total. The topological polar surface area (TPSA) is 43.8 Å². The highest BCUT2D eigenvalue weighted by atomic mass is 35.5. The first-order valence-electron chi connectivity index (χ1n) is 6.40. The van der Waals surface area contributed by atoms with E-state index in [0.717, 1.165) is 23.0 Å². The van der Waals surface area contributed by atoms with Crippen LogP contribution in [0.3, 0.4) is 0 Å². The fraction of sp³-hybridized carbons (Fsp3) is 0.133. The molecule has 0 atom stereocenters. The van der Waals surface area contributed by atoms with E-state index in [4.69, 9.17) is 40.5 Å². The van der Waals surface area contributed by atoms with Gasteiger partial charge < -0.3 is 10.3 Å². The van der Waals surface area contributed by atoms with Crippen molar-refractivity contribution in [3.63, 3.8) is 0 Å². The molecule has 108 valence electrons. The van der Waals surface area contributed by atoms with Gasteiger partial charge in [0.15, 0.2) is 0 Å². The number of halogens is 3. The van der Waals surface area contributed by atoms with Crippen LogP contribution in [-0.2, 0) is 13.0 Å². The predicted octanol–water partition coefficient (Wildman–Crippen LogP) is 4.82. The molecule has 0 unspecified atom stereocenters. The number of aryl methyl sites for hydroxylation is 2. The second-order valence-corrected chi connectivity index (χ2v) is 6.02. The van der Waals surface area contributed by atoms with Crippen LogP contribution < -0.4 is 5.73 Å². The van der Waals surface area contributed by atoms with E-state index in [1.54, 1.807) is 12.1 Å². The summed E-state index contributed by atoms with van der Waals surface area (Å²) in [5.41, 5.74) is 8.76. The average Bonchev–Trinajstić information content (AvgIpc) is 2.72. The van der Waals surface area contributed by atoms with E-state index in [0.29, 0.717) is 27.6 Å². The SMILES string of the molecule is Nc1nc2cc(Cl)ccc2n1CCc1ccc(Cl)cc1Cl. The molecule has 1 aromatic heterocycles. The molecule has 0 spiro atoms. The predicted molar refractivity (Wildman–Crippen MR) is 89.3 cm³/mol. The summed E-state index contributed by atoms with van der Waals surface area (Å²) < 4.78 is 1.95. The fourth-order valence-corrected chi connectivity index (χ4v) is 2.98. The molecule has 21 heavy (non-hydrogen) atoms. The minimum atomic E-state index is 0.470. The van der Waals surface area contributed by atoms with Gasteiger partial charge in [0.25, 0.3) is 0 Å². The van der Waals surface area contributed by atoms with Crippen molar-refractivity contribution in [2.24, 2.45) is 0 Å². The number of hydrogen-bond donors (Lipinski definition) is 1. The number of benzene rings is 2. The first-order chi connectivity index (χ1) is 10.0. The van der Waals surface area contributed by atoms with Crippen molar-refractivity contribution in [2.45, 2.75) is 13.0 Å². The largest absolute Gasteiger partial charge is 0.369 e. The van der Waals surface area contributed by atoms with Gasteiger partial charge in [0, 0.05) is 21.6 Å². The van der Waals surface area contributed by atoms with Crippen LogP contribution in [0.1, 0.15) is 5.56 Å². The molecule has 0 saturated carbocycles. The molecule has 0 radical (unpaired) electrons. The monoisotopic (exact) mass is 339 g/mol. The molecule has 0 aliphatic carbocycles. The van der Waals surface area contributed by atoms with Gasteiger partial charge in [0.1, 0.15) is 0 Å². The molecule has 3 rings (SSSR count). The summed E-state index contributed by atoms with van der Waals surface area (Å²) >= 11 is 18.1. The van der Waals surface area contributed by atoms with Crippen molar-refractivity contribution < 1.29 is 0 Å². The van der Waals surface area contributed by atoms with Gasteiger partial charge in [-0.2, -0.15) is 0 Å². The van der Waals surface area contributed by atoms with Gasteiger partial charge in [-0.15, -0.1) is 0 Å². The van der Waals surface area contributed by atoms with Crippen molar-refractivity contribution in [3.8, 4) is 0 Å². The van der Waals surface area contributed by atoms with Crippen molar-refractivity contribution in [1.82, 2.24) is 9.55 Å². The minimum Gasteiger partial charge on any atom is -0.369 e. The normalized spacial score (nSPS) is 11.2. The Hall–Kier alpha value is -1.42. The summed E-state index contributed by atoms with van der Waals surface area (Å²) in [6.45, 7) is 0.686. The lowest BCUT2D eigenvalue weighted by Gasteiger charge is -2.08. The third kappa shape index (κ3) is 2.95. The lowest BCUT2D eigenvalue weighted by atomic mass is 10.1. The van der Waals surface area contributed by atoms with E-state index in [-0.39, 0.29) is 0 Å². The van der Waals surface area contributed by atoms with Gasteiger partial charge in [-0.3, -0.25) is 0 Å². The van der Waals surface area contributed by atoms with Crippen molar-refractivity contribution in [1.29, 1.82) is 0 Å². The minimum absolute atomic E-state index is 0.470. The maximum absolute atomic E-state index is 6.19. The number of hydrogen-bond acceptors (Lipinski definition) is 2. The Labute approximate surface area is 137 Å². The van der Waals surface area contributed by atoms with E-state index in [2.05, 4.69) is 4.98 Å². The van der Waals surface area contributed by atoms with Crippen molar-refractivity contribution >= 4 is 51.8 Å². The number of aromatic nitrogens is 2. The summed E-state index contributed by atoms with van der Waals surface area (Å²) in [4.78, 5) is 4.32. The van der Waals surface area contributed by atoms with E-state index in [1.165, 1.54) is 0 Å². The van der Waals surface area contributed by atoms with Crippen LogP contribution in [-0.4, -0.2) is 9.55 Å². The van der Waals surface area contributed by atoms with Gasteiger partial charge in [-0.1, -0.05) is 40.9 Å². The summed E-state index contributed by atoms with van der Waals surface area (Å²) in [5, 5.41) is 1.94. The lowest BCUT2D eigenvalue weighted by molar-refractivity contribution is 0.726. The van der Waals surface area contributed by atoms with Crippen LogP contribution in [0.15, 0.2) is 36.4 Å². The Bertz CT molecular complexity index is 811. The van der Waals surface area contributed by atoms with Crippen LogP contribution in [0.5, 0.6) is 0 Å². The van der Waals surface area contributed by atoms with E-state index in [1.807, 2.05) is 28.8 Å². The Morgan fingerprint density at radius 2 is 1.71 bits per heavy atom. The maximum atomic E-state index is 6.19. The maximum Gasteiger partial charge on any atom is 0.201 e. The molecule has 2 N–H and O–H groups in total. The Morgan fingerprint density at radius 3 is 2.48 bits per heavy atom. The zero-order chi connectivity index (χ0) is 15.0. The molecule has 6 heteroatoms. The Kier molecular flexibility index (Phi) is 3.98. The number of imidazole rings is 1. The lowest BCUT2D eigenvalue weighted by Crippen LogP contribution is -2.06. The van der Waals surface area contributed by atoms with Gasteiger partial charge in [-0.25, -0.2) is 4.98 Å². The Morgan fingerprint density at radius 1 is 1.00 bits per heavy atom.